The molecule has 1 aliphatic heterocycles. The van der Waals surface area contributed by atoms with Crippen molar-refractivity contribution in [1.29, 1.82) is 0 Å². The highest BCUT2D eigenvalue weighted by Gasteiger charge is 2.38. The van der Waals surface area contributed by atoms with Crippen LogP contribution in [0.1, 0.15) is 50.0 Å². The lowest BCUT2D eigenvalue weighted by Gasteiger charge is -2.20. The van der Waals surface area contributed by atoms with Gasteiger partial charge in [0.15, 0.2) is 5.96 Å². The molecule has 1 aromatic carbocycles. The topological polar surface area (TPSA) is 39.7 Å². The van der Waals surface area contributed by atoms with Crippen LogP contribution in [0.4, 0.5) is 0 Å². The maximum atomic E-state index is 4.38. The number of benzene rings is 1. The summed E-state index contributed by atoms with van der Waals surface area (Å²) in [5.41, 5.74) is 1.44. The minimum absolute atomic E-state index is 0.532. The van der Waals surface area contributed by atoms with Crippen molar-refractivity contribution in [3.63, 3.8) is 0 Å². The van der Waals surface area contributed by atoms with Crippen LogP contribution in [-0.2, 0) is 0 Å². The molecule has 2 fully saturated rings. The molecule has 2 N–H and O–H groups in total. The van der Waals surface area contributed by atoms with E-state index in [-0.39, 0.29) is 0 Å². The number of guanidine groups is 1. The van der Waals surface area contributed by atoms with Gasteiger partial charge in [-0.1, -0.05) is 43.2 Å². The Balaban J connectivity index is 1.33. The average molecular weight is 329 g/mol. The number of aliphatic imine (C=N–C) groups is 1. The molecule has 1 saturated heterocycles. The standard InChI is InChI=1S/C20H32N4/c1-21-20(22-12-9-15-24-13-7-2-3-8-14-24)23-19-16-18(19)17-10-5-4-6-11-17/h4-6,10-11,18-19H,2-3,7-9,12-16H2,1H3,(H2,21,22,23). The fourth-order valence-corrected chi connectivity index (χ4v) is 3.66. The fraction of sp³-hybridized carbons (Fsp3) is 0.650. The first kappa shape index (κ1) is 17.3. The number of likely N-dealkylation sites (tertiary alicyclic amines) is 1. The Morgan fingerprint density at radius 2 is 1.88 bits per heavy atom. The Bertz CT molecular complexity index is 506. The predicted octanol–water partition coefficient (Wildman–Crippen LogP) is 2.97. The normalized spacial score (nSPS) is 25.1. The van der Waals surface area contributed by atoms with Crippen LogP contribution in [0.2, 0.25) is 0 Å². The number of rotatable bonds is 6. The highest BCUT2D eigenvalue weighted by Crippen LogP contribution is 2.40. The van der Waals surface area contributed by atoms with Gasteiger partial charge < -0.3 is 15.5 Å². The highest BCUT2D eigenvalue weighted by atomic mass is 15.2. The quantitative estimate of drug-likeness (QED) is 0.479. The molecule has 4 heteroatoms. The Morgan fingerprint density at radius 1 is 1.12 bits per heavy atom. The Hall–Kier alpha value is -1.55. The second-order valence-corrected chi connectivity index (χ2v) is 7.11. The van der Waals surface area contributed by atoms with E-state index in [9.17, 15) is 0 Å². The van der Waals surface area contributed by atoms with E-state index >= 15 is 0 Å². The summed E-state index contributed by atoms with van der Waals surface area (Å²) in [6.45, 7) is 4.78. The third-order valence-electron chi connectivity index (χ3n) is 5.21. The molecular weight excluding hydrogens is 296 g/mol. The molecule has 1 saturated carbocycles. The Kier molecular flexibility index (Phi) is 6.53. The second kappa shape index (κ2) is 9.07. The first-order valence-corrected chi connectivity index (χ1v) is 9.61. The summed E-state index contributed by atoms with van der Waals surface area (Å²) in [7, 11) is 1.87. The molecule has 132 valence electrons. The summed E-state index contributed by atoms with van der Waals surface area (Å²) in [6, 6.07) is 11.3. The summed E-state index contributed by atoms with van der Waals surface area (Å²) >= 11 is 0. The zero-order valence-corrected chi connectivity index (χ0v) is 15.0. The monoisotopic (exact) mass is 328 g/mol. The minimum Gasteiger partial charge on any atom is -0.356 e. The van der Waals surface area contributed by atoms with E-state index in [0.29, 0.717) is 12.0 Å². The highest BCUT2D eigenvalue weighted by molar-refractivity contribution is 5.80. The number of nitrogens with one attached hydrogen (secondary N) is 2. The maximum absolute atomic E-state index is 4.38. The molecule has 2 aliphatic rings. The van der Waals surface area contributed by atoms with E-state index in [1.165, 1.54) is 63.7 Å². The van der Waals surface area contributed by atoms with E-state index in [4.69, 9.17) is 0 Å². The molecule has 0 aromatic heterocycles. The van der Waals surface area contributed by atoms with Crippen LogP contribution < -0.4 is 10.6 Å². The largest absolute Gasteiger partial charge is 0.356 e. The molecule has 0 amide bonds. The van der Waals surface area contributed by atoms with Crippen LogP contribution in [0.25, 0.3) is 0 Å². The lowest BCUT2D eigenvalue weighted by molar-refractivity contribution is 0.282. The van der Waals surface area contributed by atoms with Gasteiger partial charge in [0, 0.05) is 25.6 Å². The molecule has 0 spiro atoms. The van der Waals surface area contributed by atoms with Gasteiger partial charge in [0.2, 0.25) is 0 Å². The van der Waals surface area contributed by atoms with Crippen LogP contribution in [-0.4, -0.2) is 50.1 Å². The second-order valence-electron chi connectivity index (χ2n) is 7.11. The van der Waals surface area contributed by atoms with Crippen molar-refractivity contribution < 1.29 is 0 Å². The predicted molar refractivity (Wildman–Crippen MR) is 102 cm³/mol. The summed E-state index contributed by atoms with van der Waals surface area (Å²) in [4.78, 5) is 7.00. The van der Waals surface area contributed by atoms with Crippen molar-refractivity contribution in [2.45, 2.75) is 50.5 Å². The SMILES string of the molecule is CN=C(NCCCN1CCCCCC1)NC1CC1c1ccccc1. The Morgan fingerprint density at radius 3 is 2.58 bits per heavy atom. The van der Waals surface area contributed by atoms with Crippen molar-refractivity contribution >= 4 is 5.96 Å². The number of hydrogen-bond donors (Lipinski definition) is 2. The van der Waals surface area contributed by atoms with Crippen LogP contribution in [0.5, 0.6) is 0 Å². The molecule has 2 unspecified atom stereocenters. The minimum atomic E-state index is 0.532. The van der Waals surface area contributed by atoms with E-state index in [1.54, 1.807) is 0 Å². The molecule has 1 heterocycles. The zero-order valence-electron chi connectivity index (χ0n) is 15.0. The lowest BCUT2D eigenvalue weighted by atomic mass is 10.1. The van der Waals surface area contributed by atoms with Gasteiger partial charge in [-0.3, -0.25) is 4.99 Å². The molecular formula is C20H32N4. The smallest absolute Gasteiger partial charge is 0.191 e. The van der Waals surface area contributed by atoms with Crippen LogP contribution in [0.15, 0.2) is 35.3 Å². The van der Waals surface area contributed by atoms with Gasteiger partial charge in [-0.25, -0.2) is 0 Å². The van der Waals surface area contributed by atoms with Crippen LogP contribution in [0, 0.1) is 0 Å². The average Bonchev–Trinajstić information content (AvgIpc) is 3.42. The zero-order chi connectivity index (χ0) is 16.6. The summed E-state index contributed by atoms with van der Waals surface area (Å²) < 4.78 is 0. The van der Waals surface area contributed by atoms with Crippen molar-refractivity contribution in [2.24, 2.45) is 4.99 Å². The van der Waals surface area contributed by atoms with E-state index in [2.05, 4.69) is 50.9 Å². The molecule has 24 heavy (non-hydrogen) atoms. The van der Waals surface area contributed by atoms with Crippen molar-refractivity contribution in [2.75, 3.05) is 33.2 Å². The fourth-order valence-electron chi connectivity index (χ4n) is 3.66. The third kappa shape index (κ3) is 5.23. The van der Waals surface area contributed by atoms with E-state index < -0.39 is 0 Å². The molecule has 0 bridgehead atoms. The lowest BCUT2D eigenvalue weighted by Crippen LogP contribution is -2.40. The first-order chi connectivity index (χ1) is 11.9. The van der Waals surface area contributed by atoms with Gasteiger partial charge in [0.1, 0.15) is 0 Å². The first-order valence-electron chi connectivity index (χ1n) is 9.61. The van der Waals surface area contributed by atoms with E-state index in [1.807, 2.05) is 7.05 Å². The number of hydrogen-bond acceptors (Lipinski definition) is 2. The Labute approximate surface area is 146 Å². The molecule has 4 nitrogen and oxygen atoms in total. The van der Waals surface area contributed by atoms with Gasteiger partial charge in [0.25, 0.3) is 0 Å². The molecule has 3 rings (SSSR count). The van der Waals surface area contributed by atoms with Crippen molar-refractivity contribution in [3.8, 4) is 0 Å². The van der Waals surface area contributed by atoms with Crippen LogP contribution >= 0.6 is 0 Å². The van der Waals surface area contributed by atoms with Gasteiger partial charge in [-0.15, -0.1) is 0 Å². The number of nitrogens with zero attached hydrogens (tertiary/aromatic N) is 2. The molecule has 1 aliphatic carbocycles. The molecule has 0 radical (unpaired) electrons. The summed E-state index contributed by atoms with van der Waals surface area (Å²) in [5, 5.41) is 7.04. The molecule has 1 aromatic rings. The maximum Gasteiger partial charge on any atom is 0.191 e. The van der Waals surface area contributed by atoms with Gasteiger partial charge >= 0.3 is 0 Å². The molecule has 2 atom stereocenters. The third-order valence-corrected chi connectivity index (χ3v) is 5.21. The van der Waals surface area contributed by atoms with Crippen LogP contribution in [0.3, 0.4) is 0 Å². The van der Waals surface area contributed by atoms with Crippen molar-refractivity contribution in [3.05, 3.63) is 35.9 Å². The summed E-state index contributed by atoms with van der Waals surface area (Å²) in [6.07, 6.45) is 7.97. The van der Waals surface area contributed by atoms with Crippen molar-refractivity contribution in [1.82, 2.24) is 15.5 Å². The van der Waals surface area contributed by atoms with E-state index in [0.717, 1.165) is 12.5 Å². The van der Waals surface area contributed by atoms with Gasteiger partial charge in [0.05, 0.1) is 0 Å². The van der Waals surface area contributed by atoms with Gasteiger partial charge in [-0.05, 0) is 50.9 Å². The summed E-state index contributed by atoms with van der Waals surface area (Å²) in [5.74, 6) is 1.59. The van der Waals surface area contributed by atoms with Gasteiger partial charge in [-0.2, -0.15) is 0 Å².